The quantitative estimate of drug-likeness (QED) is 0.918. The molecule has 2 unspecified atom stereocenters. The molecule has 1 aromatic rings. The van der Waals surface area contributed by atoms with Gasteiger partial charge in [0, 0.05) is 19.5 Å². The van der Waals surface area contributed by atoms with Gasteiger partial charge < -0.3 is 19.5 Å². The minimum Gasteiger partial charge on any atom is -0.454 e. The van der Waals surface area contributed by atoms with Crippen molar-refractivity contribution in [3.63, 3.8) is 0 Å². The molecule has 5 nitrogen and oxygen atoms in total. The summed E-state index contributed by atoms with van der Waals surface area (Å²) in [6, 6.07) is 5.81. The monoisotopic (exact) mass is 291 g/mol. The summed E-state index contributed by atoms with van der Waals surface area (Å²) >= 11 is 0. The van der Waals surface area contributed by atoms with Crippen LogP contribution < -0.4 is 9.47 Å². The number of likely N-dealkylation sites (tertiary alicyclic amines) is 1. The molecule has 2 heterocycles. The summed E-state index contributed by atoms with van der Waals surface area (Å²) in [5.41, 5.74) is 1.08. The van der Waals surface area contributed by atoms with Gasteiger partial charge in [-0.25, -0.2) is 0 Å². The predicted molar refractivity (Wildman–Crippen MR) is 77.3 cm³/mol. The molecule has 1 saturated heterocycles. The van der Waals surface area contributed by atoms with E-state index in [1.807, 2.05) is 30.0 Å². The van der Waals surface area contributed by atoms with E-state index in [-0.39, 0.29) is 24.7 Å². The lowest BCUT2D eigenvalue weighted by Gasteiger charge is -2.34. The first kappa shape index (κ1) is 14.2. The number of carbonyl (C=O) groups is 1. The topological polar surface area (TPSA) is 59.0 Å². The van der Waals surface area contributed by atoms with Crippen LogP contribution >= 0.6 is 0 Å². The van der Waals surface area contributed by atoms with Gasteiger partial charge in [0.05, 0.1) is 6.10 Å². The SMILES string of the molecule is CC1CN(C(=O)CCc2ccc3c(c2)OCO3)CCC1O. The molecule has 0 saturated carbocycles. The van der Waals surface area contributed by atoms with E-state index in [1.54, 1.807) is 0 Å². The van der Waals surface area contributed by atoms with Crippen LogP contribution in [0.15, 0.2) is 18.2 Å². The minimum absolute atomic E-state index is 0.159. The Kier molecular flexibility index (Phi) is 4.01. The van der Waals surface area contributed by atoms with Crippen LogP contribution in [0.1, 0.15) is 25.3 Å². The summed E-state index contributed by atoms with van der Waals surface area (Å²) in [6.07, 6.45) is 1.59. The smallest absolute Gasteiger partial charge is 0.231 e. The van der Waals surface area contributed by atoms with E-state index in [0.29, 0.717) is 32.4 Å². The number of amides is 1. The summed E-state index contributed by atoms with van der Waals surface area (Å²) in [7, 11) is 0. The number of aryl methyl sites for hydroxylation is 1. The van der Waals surface area contributed by atoms with Gasteiger partial charge in [-0.3, -0.25) is 4.79 Å². The van der Waals surface area contributed by atoms with Gasteiger partial charge in [0.25, 0.3) is 0 Å². The Hall–Kier alpha value is -1.75. The number of fused-ring (bicyclic) bond motifs is 1. The Morgan fingerprint density at radius 1 is 1.38 bits per heavy atom. The number of nitrogens with zero attached hydrogens (tertiary/aromatic N) is 1. The number of carbonyl (C=O) groups excluding carboxylic acids is 1. The van der Waals surface area contributed by atoms with Gasteiger partial charge in [-0.2, -0.15) is 0 Å². The molecule has 0 bridgehead atoms. The average molecular weight is 291 g/mol. The number of benzene rings is 1. The van der Waals surface area contributed by atoms with Crippen molar-refractivity contribution in [1.29, 1.82) is 0 Å². The zero-order valence-corrected chi connectivity index (χ0v) is 12.2. The average Bonchev–Trinajstić information content (AvgIpc) is 2.95. The number of ether oxygens (including phenoxy) is 2. The van der Waals surface area contributed by atoms with Crippen LogP contribution in [0.25, 0.3) is 0 Å². The van der Waals surface area contributed by atoms with Gasteiger partial charge in [-0.05, 0) is 36.5 Å². The van der Waals surface area contributed by atoms with E-state index >= 15 is 0 Å². The standard InChI is InChI=1S/C16H21NO4/c1-11-9-17(7-6-13(11)18)16(19)5-3-12-2-4-14-15(8-12)21-10-20-14/h2,4,8,11,13,18H,3,5-7,9-10H2,1H3. The van der Waals surface area contributed by atoms with Gasteiger partial charge in [-0.15, -0.1) is 0 Å². The van der Waals surface area contributed by atoms with E-state index in [2.05, 4.69) is 0 Å². The second-order valence-corrected chi connectivity index (χ2v) is 5.86. The van der Waals surface area contributed by atoms with Crippen molar-refractivity contribution in [3.8, 4) is 11.5 Å². The number of aliphatic hydroxyl groups is 1. The van der Waals surface area contributed by atoms with Gasteiger partial charge in [-0.1, -0.05) is 13.0 Å². The van der Waals surface area contributed by atoms with E-state index in [9.17, 15) is 9.90 Å². The molecule has 1 N–H and O–H groups in total. The van der Waals surface area contributed by atoms with Crippen molar-refractivity contribution in [2.75, 3.05) is 19.9 Å². The minimum atomic E-state index is -0.275. The normalized spacial score (nSPS) is 24.2. The Morgan fingerprint density at radius 2 is 2.19 bits per heavy atom. The van der Waals surface area contributed by atoms with Crippen molar-refractivity contribution < 1.29 is 19.4 Å². The highest BCUT2D eigenvalue weighted by molar-refractivity contribution is 5.76. The van der Waals surface area contributed by atoms with Crippen LogP contribution in [0.4, 0.5) is 0 Å². The van der Waals surface area contributed by atoms with Gasteiger partial charge in [0.1, 0.15) is 0 Å². The third-order valence-corrected chi connectivity index (χ3v) is 4.28. The maximum absolute atomic E-state index is 12.2. The lowest BCUT2D eigenvalue weighted by Crippen LogP contribution is -2.45. The second-order valence-electron chi connectivity index (χ2n) is 5.86. The molecule has 21 heavy (non-hydrogen) atoms. The summed E-state index contributed by atoms with van der Waals surface area (Å²) < 4.78 is 10.6. The van der Waals surface area contributed by atoms with E-state index in [0.717, 1.165) is 17.1 Å². The highest BCUT2D eigenvalue weighted by Gasteiger charge is 2.26. The zero-order valence-electron chi connectivity index (χ0n) is 12.2. The molecule has 1 fully saturated rings. The lowest BCUT2D eigenvalue weighted by molar-refractivity contribution is -0.134. The Bertz CT molecular complexity index is 531. The molecule has 0 aromatic heterocycles. The number of piperidine rings is 1. The van der Waals surface area contributed by atoms with Gasteiger partial charge in [0.15, 0.2) is 11.5 Å². The fourth-order valence-electron chi connectivity index (χ4n) is 2.87. The molecule has 2 atom stereocenters. The summed E-state index contributed by atoms with van der Waals surface area (Å²) in [5, 5.41) is 9.71. The maximum atomic E-state index is 12.2. The molecule has 1 amide bonds. The van der Waals surface area contributed by atoms with Crippen LogP contribution in [0.3, 0.4) is 0 Å². The largest absolute Gasteiger partial charge is 0.454 e. The summed E-state index contributed by atoms with van der Waals surface area (Å²) in [6.45, 7) is 3.57. The Morgan fingerprint density at radius 3 is 3.00 bits per heavy atom. The molecule has 2 aliphatic heterocycles. The van der Waals surface area contributed by atoms with E-state index < -0.39 is 0 Å². The highest BCUT2D eigenvalue weighted by Crippen LogP contribution is 2.32. The molecule has 0 spiro atoms. The number of aliphatic hydroxyl groups excluding tert-OH is 1. The molecule has 5 heteroatoms. The maximum Gasteiger partial charge on any atom is 0.231 e. The fourth-order valence-corrected chi connectivity index (χ4v) is 2.87. The number of hydrogen-bond donors (Lipinski definition) is 1. The van der Waals surface area contributed by atoms with E-state index in [1.165, 1.54) is 0 Å². The first-order chi connectivity index (χ1) is 10.1. The first-order valence-electron chi connectivity index (χ1n) is 7.48. The number of hydrogen-bond acceptors (Lipinski definition) is 4. The predicted octanol–water partition coefficient (Wildman–Crippen LogP) is 1.58. The highest BCUT2D eigenvalue weighted by atomic mass is 16.7. The van der Waals surface area contributed by atoms with Crippen LogP contribution in [0.2, 0.25) is 0 Å². The van der Waals surface area contributed by atoms with Crippen molar-refractivity contribution in [3.05, 3.63) is 23.8 Å². The van der Waals surface area contributed by atoms with Crippen LogP contribution in [-0.4, -0.2) is 41.9 Å². The van der Waals surface area contributed by atoms with Crippen molar-refractivity contribution in [2.45, 2.75) is 32.3 Å². The molecule has 1 aromatic carbocycles. The van der Waals surface area contributed by atoms with Crippen LogP contribution in [0.5, 0.6) is 11.5 Å². The molecular formula is C16H21NO4. The molecule has 3 rings (SSSR count). The van der Waals surface area contributed by atoms with Gasteiger partial charge in [0.2, 0.25) is 12.7 Å². The van der Waals surface area contributed by atoms with Crippen molar-refractivity contribution in [2.24, 2.45) is 5.92 Å². The Labute approximate surface area is 124 Å². The third kappa shape index (κ3) is 3.13. The molecule has 0 aliphatic carbocycles. The molecule has 2 aliphatic rings. The summed E-state index contributed by atoms with van der Waals surface area (Å²) in [4.78, 5) is 14.1. The van der Waals surface area contributed by atoms with Crippen molar-refractivity contribution in [1.82, 2.24) is 4.90 Å². The van der Waals surface area contributed by atoms with Crippen molar-refractivity contribution >= 4 is 5.91 Å². The lowest BCUT2D eigenvalue weighted by atomic mass is 9.96. The Balaban J connectivity index is 1.54. The molecular weight excluding hydrogens is 270 g/mol. The van der Waals surface area contributed by atoms with Gasteiger partial charge >= 0.3 is 0 Å². The van der Waals surface area contributed by atoms with Crippen LogP contribution in [-0.2, 0) is 11.2 Å². The first-order valence-corrected chi connectivity index (χ1v) is 7.48. The van der Waals surface area contributed by atoms with Crippen LogP contribution in [0, 0.1) is 5.92 Å². The van der Waals surface area contributed by atoms with E-state index in [4.69, 9.17) is 9.47 Å². The second kappa shape index (κ2) is 5.93. The third-order valence-electron chi connectivity index (χ3n) is 4.28. The molecule has 114 valence electrons. The molecule has 0 radical (unpaired) electrons. The summed E-state index contributed by atoms with van der Waals surface area (Å²) in [5.74, 6) is 1.85. The number of rotatable bonds is 3. The zero-order chi connectivity index (χ0) is 14.8. The fraction of sp³-hybridized carbons (Fsp3) is 0.562.